The fourth-order valence-electron chi connectivity index (χ4n) is 1.92. The third kappa shape index (κ3) is 2.64. The van der Waals surface area contributed by atoms with Gasteiger partial charge in [-0.2, -0.15) is 5.10 Å². The van der Waals surface area contributed by atoms with Crippen molar-refractivity contribution < 1.29 is 4.79 Å². The molecule has 0 radical (unpaired) electrons. The number of aryl methyl sites for hydroxylation is 1. The number of hydrogen-bond acceptors (Lipinski definition) is 4. The fourth-order valence-corrected chi connectivity index (χ4v) is 1.92. The third-order valence-corrected chi connectivity index (χ3v) is 3.59. The Kier molecular flexibility index (Phi) is 3.56. The molecule has 1 unspecified atom stereocenters. The van der Waals surface area contributed by atoms with E-state index in [1.165, 1.54) is 12.8 Å². The number of anilines is 1. The van der Waals surface area contributed by atoms with Gasteiger partial charge in [-0.1, -0.05) is 0 Å². The molecule has 1 aliphatic rings. The van der Waals surface area contributed by atoms with Gasteiger partial charge in [0.25, 0.3) is 5.91 Å². The number of nitrogens with one attached hydrogen (secondary N) is 2. The number of likely N-dealkylation sites (N-methyl/N-ethyl adjacent to an activating group) is 1. The molecule has 100 valence electrons. The minimum atomic E-state index is -0.215. The Hall–Kier alpha value is -1.56. The van der Waals surface area contributed by atoms with E-state index < -0.39 is 0 Å². The van der Waals surface area contributed by atoms with Crippen LogP contribution in [-0.2, 0) is 0 Å². The Morgan fingerprint density at radius 1 is 1.67 bits per heavy atom. The monoisotopic (exact) mass is 251 g/mol. The number of nitrogens with two attached hydrogens (primary N) is 1. The molecule has 4 N–H and O–H groups in total. The molecule has 6 heteroatoms. The largest absolute Gasteiger partial charge is 0.395 e. The van der Waals surface area contributed by atoms with Gasteiger partial charge in [0.05, 0.1) is 11.4 Å². The van der Waals surface area contributed by atoms with E-state index in [2.05, 4.69) is 34.4 Å². The summed E-state index contributed by atoms with van der Waals surface area (Å²) < 4.78 is 0. The van der Waals surface area contributed by atoms with Crippen molar-refractivity contribution in [1.82, 2.24) is 20.4 Å². The van der Waals surface area contributed by atoms with Crippen LogP contribution in [0.2, 0.25) is 0 Å². The average Bonchev–Trinajstić information content (AvgIpc) is 3.14. The second kappa shape index (κ2) is 4.97. The quantitative estimate of drug-likeness (QED) is 0.711. The van der Waals surface area contributed by atoms with Crippen LogP contribution in [-0.4, -0.2) is 46.7 Å². The van der Waals surface area contributed by atoms with E-state index in [1.807, 2.05) is 0 Å². The van der Waals surface area contributed by atoms with Gasteiger partial charge < -0.3 is 11.1 Å². The van der Waals surface area contributed by atoms with Crippen molar-refractivity contribution in [2.75, 3.05) is 19.3 Å². The molecule has 1 aromatic heterocycles. The normalized spacial score (nSPS) is 16.9. The van der Waals surface area contributed by atoms with Crippen molar-refractivity contribution in [2.45, 2.75) is 38.8 Å². The van der Waals surface area contributed by atoms with Crippen LogP contribution in [0.4, 0.5) is 5.69 Å². The highest BCUT2D eigenvalue weighted by atomic mass is 16.1. The van der Waals surface area contributed by atoms with Crippen LogP contribution in [0.25, 0.3) is 0 Å². The molecule has 1 fully saturated rings. The molecule has 1 aromatic rings. The van der Waals surface area contributed by atoms with E-state index in [0.29, 0.717) is 24.3 Å². The first-order chi connectivity index (χ1) is 8.50. The molecule has 0 aliphatic heterocycles. The van der Waals surface area contributed by atoms with Crippen molar-refractivity contribution in [3.63, 3.8) is 0 Å². The molecule has 1 heterocycles. The standard InChI is InChI=1S/C12H21N5O/c1-7(17(3)9-4-5-9)6-14-12(18)11-10(13)8(2)15-16-11/h7,9H,4-6,13H2,1-3H3,(H,14,18)(H,15,16). The molecular formula is C12H21N5O. The first kappa shape index (κ1) is 12.9. The van der Waals surface area contributed by atoms with Crippen molar-refractivity contribution in [2.24, 2.45) is 0 Å². The number of hydrogen-bond donors (Lipinski definition) is 3. The minimum absolute atomic E-state index is 0.215. The lowest BCUT2D eigenvalue weighted by molar-refractivity contribution is 0.0935. The van der Waals surface area contributed by atoms with Gasteiger partial charge in [-0.15, -0.1) is 0 Å². The van der Waals surface area contributed by atoms with Gasteiger partial charge in [0.1, 0.15) is 0 Å². The maximum atomic E-state index is 11.9. The SMILES string of the molecule is Cc1[nH]nc(C(=O)NCC(C)N(C)C2CC2)c1N. The van der Waals surface area contributed by atoms with Crippen LogP contribution in [0, 0.1) is 6.92 Å². The lowest BCUT2D eigenvalue weighted by Gasteiger charge is -2.24. The summed E-state index contributed by atoms with van der Waals surface area (Å²) >= 11 is 0. The van der Waals surface area contributed by atoms with Crippen molar-refractivity contribution in [3.05, 3.63) is 11.4 Å². The van der Waals surface area contributed by atoms with Crippen molar-refractivity contribution >= 4 is 11.6 Å². The number of aromatic amines is 1. The summed E-state index contributed by atoms with van der Waals surface area (Å²) in [6.45, 7) is 4.51. The summed E-state index contributed by atoms with van der Waals surface area (Å²) in [7, 11) is 2.10. The number of carbonyl (C=O) groups is 1. The zero-order valence-corrected chi connectivity index (χ0v) is 11.2. The molecule has 6 nitrogen and oxygen atoms in total. The highest BCUT2D eigenvalue weighted by Gasteiger charge is 2.29. The van der Waals surface area contributed by atoms with Crippen LogP contribution >= 0.6 is 0 Å². The number of rotatable bonds is 5. The highest BCUT2D eigenvalue weighted by molar-refractivity contribution is 5.97. The predicted octanol–water partition coefficient (Wildman–Crippen LogP) is 0.513. The predicted molar refractivity (Wildman–Crippen MR) is 70.3 cm³/mol. The second-order valence-electron chi connectivity index (χ2n) is 5.07. The molecular weight excluding hydrogens is 230 g/mol. The topological polar surface area (TPSA) is 87.0 Å². The summed E-state index contributed by atoms with van der Waals surface area (Å²) in [6.07, 6.45) is 2.53. The highest BCUT2D eigenvalue weighted by Crippen LogP contribution is 2.26. The van der Waals surface area contributed by atoms with Crippen molar-refractivity contribution in [1.29, 1.82) is 0 Å². The maximum Gasteiger partial charge on any atom is 0.273 e. The molecule has 0 bridgehead atoms. The molecule has 1 amide bonds. The van der Waals surface area contributed by atoms with Crippen LogP contribution in [0.1, 0.15) is 35.9 Å². The van der Waals surface area contributed by atoms with Gasteiger partial charge >= 0.3 is 0 Å². The zero-order valence-electron chi connectivity index (χ0n) is 11.2. The molecule has 1 saturated carbocycles. The average molecular weight is 251 g/mol. The van der Waals surface area contributed by atoms with E-state index in [-0.39, 0.29) is 11.6 Å². The van der Waals surface area contributed by atoms with Crippen molar-refractivity contribution in [3.8, 4) is 0 Å². The summed E-state index contributed by atoms with van der Waals surface area (Å²) in [6, 6.07) is 1.01. The van der Waals surface area contributed by atoms with Gasteiger partial charge in [0, 0.05) is 18.6 Å². The molecule has 1 aliphatic carbocycles. The van der Waals surface area contributed by atoms with Gasteiger partial charge in [-0.25, -0.2) is 0 Å². The summed E-state index contributed by atoms with van der Waals surface area (Å²) in [4.78, 5) is 14.2. The molecule has 0 spiro atoms. The maximum absolute atomic E-state index is 11.9. The summed E-state index contributed by atoms with van der Waals surface area (Å²) in [5.74, 6) is -0.215. The molecule has 1 atom stereocenters. The van der Waals surface area contributed by atoms with Crippen LogP contribution in [0.15, 0.2) is 0 Å². The van der Waals surface area contributed by atoms with Crippen LogP contribution in [0.5, 0.6) is 0 Å². The lowest BCUT2D eigenvalue weighted by atomic mass is 10.2. The number of carbonyl (C=O) groups excluding carboxylic acids is 1. The Morgan fingerprint density at radius 3 is 2.83 bits per heavy atom. The van der Waals surface area contributed by atoms with Crippen LogP contribution < -0.4 is 11.1 Å². The number of nitrogen functional groups attached to an aromatic ring is 1. The molecule has 0 saturated heterocycles. The Bertz CT molecular complexity index is 438. The van der Waals surface area contributed by atoms with Gasteiger partial charge in [-0.3, -0.25) is 14.8 Å². The van der Waals surface area contributed by atoms with Gasteiger partial charge in [-0.05, 0) is 33.7 Å². The molecule has 18 heavy (non-hydrogen) atoms. The Morgan fingerprint density at radius 2 is 2.33 bits per heavy atom. The van der Waals surface area contributed by atoms with Crippen LogP contribution in [0.3, 0.4) is 0 Å². The van der Waals surface area contributed by atoms with E-state index >= 15 is 0 Å². The van der Waals surface area contributed by atoms with Gasteiger partial charge in [0.2, 0.25) is 0 Å². The number of H-pyrrole nitrogens is 1. The first-order valence-electron chi connectivity index (χ1n) is 6.31. The summed E-state index contributed by atoms with van der Waals surface area (Å²) in [5.41, 5.74) is 7.20. The minimum Gasteiger partial charge on any atom is -0.395 e. The fraction of sp³-hybridized carbons (Fsp3) is 0.667. The number of nitrogens with zero attached hydrogens (tertiary/aromatic N) is 2. The lowest BCUT2D eigenvalue weighted by Crippen LogP contribution is -2.41. The zero-order chi connectivity index (χ0) is 13.3. The van der Waals surface area contributed by atoms with Gasteiger partial charge in [0.15, 0.2) is 5.69 Å². The number of aromatic nitrogens is 2. The summed E-state index contributed by atoms with van der Waals surface area (Å²) in [5, 5.41) is 9.49. The Balaban J connectivity index is 1.86. The molecule has 0 aromatic carbocycles. The Labute approximate surface area is 107 Å². The molecule has 2 rings (SSSR count). The van der Waals surface area contributed by atoms with E-state index in [1.54, 1.807) is 6.92 Å². The third-order valence-electron chi connectivity index (χ3n) is 3.59. The van der Waals surface area contributed by atoms with E-state index in [4.69, 9.17) is 5.73 Å². The second-order valence-corrected chi connectivity index (χ2v) is 5.07. The van der Waals surface area contributed by atoms with E-state index in [0.717, 1.165) is 5.69 Å². The smallest absolute Gasteiger partial charge is 0.273 e. The first-order valence-corrected chi connectivity index (χ1v) is 6.31. The van der Waals surface area contributed by atoms with E-state index in [9.17, 15) is 4.79 Å². The number of amides is 1.